The molecule has 2 aliphatic heterocycles. The maximum atomic E-state index is 12.8. The third kappa shape index (κ3) is 4.52. The van der Waals surface area contributed by atoms with Crippen molar-refractivity contribution in [1.29, 1.82) is 0 Å². The summed E-state index contributed by atoms with van der Waals surface area (Å²) in [6, 6.07) is 9.65. The number of nitrogens with zero attached hydrogens (tertiary/aromatic N) is 3. The number of aryl methyl sites for hydroxylation is 1. The minimum Gasteiger partial charge on any atom is -0.355 e. The molecule has 154 valence electrons. The van der Waals surface area contributed by atoms with E-state index in [0.29, 0.717) is 24.5 Å². The minimum atomic E-state index is -0.118. The van der Waals surface area contributed by atoms with Gasteiger partial charge in [0.2, 0.25) is 5.91 Å². The predicted octanol–water partition coefficient (Wildman–Crippen LogP) is 3.90. The Hall–Kier alpha value is -2.63. The van der Waals surface area contributed by atoms with Gasteiger partial charge in [-0.05, 0) is 32.6 Å². The summed E-state index contributed by atoms with van der Waals surface area (Å²) in [5.41, 5.74) is 2.41. The Morgan fingerprint density at radius 2 is 1.59 bits per heavy atom. The minimum absolute atomic E-state index is 0.0394. The number of aromatic nitrogens is 1. The van der Waals surface area contributed by atoms with Crippen molar-refractivity contribution in [2.45, 2.75) is 45.4 Å². The number of likely N-dealkylation sites (tertiary alicyclic amines) is 2. The van der Waals surface area contributed by atoms with E-state index >= 15 is 0 Å². The van der Waals surface area contributed by atoms with Gasteiger partial charge in [-0.2, -0.15) is 0 Å². The number of benzene rings is 1. The first-order valence-electron chi connectivity index (χ1n) is 10.7. The fraction of sp³-hybridized carbons (Fsp3) is 0.522. The van der Waals surface area contributed by atoms with Gasteiger partial charge in [0.05, 0.1) is 0 Å². The smallest absolute Gasteiger partial charge is 0.276 e. The highest BCUT2D eigenvalue weighted by atomic mass is 16.5. The molecule has 0 bridgehead atoms. The summed E-state index contributed by atoms with van der Waals surface area (Å²) in [7, 11) is 0. The Kier molecular flexibility index (Phi) is 5.97. The zero-order chi connectivity index (χ0) is 20.2. The monoisotopic (exact) mass is 395 g/mol. The van der Waals surface area contributed by atoms with Crippen molar-refractivity contribution in [3.05, 3.63) is 41.6 Å². The third-order valence-corrected chi connectivity index (χ3v) is 6.11. The van der Waals surface area contributed by atoms with Crippen molar-refractivity contribution >= 4 is 11.8 Å². The summed E-state index contributed by atoms with van der Waals surface area (Å²) >= 11 is 0. The molecule has 6 nitrogen and oxygen atoms in total. The van der Waals surface area contributed by atoms with Crippen LogP contribution in [0.1, 0.15) is 54.6 Å². The van der Waals surface area contributed by atoms with Crippen molar-refractivity contribution in [2.75, 3.05) is 26.2 Å². The lowest BCUT2D eigenvalue weighted by Gasteiger charge is -2.33. The van der Waals surface area contributed by atoms with Gasteiger partial charge in [0.15, 0.2) is 11.5 Å². The van der Waals surface area contributed by atoms with Crippen LogP contribution in [0.3, 0.4) is 0 Å². The number of piperidine rings is 1. The van der Waals surface area contributed by atoms with Gasteiger partial charge < -0.3 is 14.3 Å². The average Bonchev–Trinajstić information content (AvgIpc) is 3.08. The van der Waals surface area contributed by atoms with Crippen LogP contribution in [0.2, 0.25) is 0 Å². The van der Waals surface area contributed by atoms with Gasteiger partial charge >= 0.3 is 0 Å². The number of carbonyl (C=O) groups is 2. The van der Waals surface area contributed by atoms with Gasteiger partial charge in [-0.15, -0.1) is 0 Å². The normalized spacial score (nSPS) is 18.5. The Bertz CT molecular complexity index is 843. The zero-order valence-electron chi connectivity index (χ0n) is 17.1. The molecule has 1 aromatic carbocycles. The maximum Gasteiger partial charge on any atom is 0.276 e. The summed E-state index contributed by atoms with van der Waals surface area (Å²) in [5, 5.41) is 3.99. The van der Waals surface area contributed by atoms with E-state index in [9.17, 15) is 9.59 Å². The fourth-order valence-electron chi connectivity index (χ4n) is 4.27. The molecule has 0 unspecified atom stereocenters. The van der Waals surface area contributed by atoms with E-state index in [1.165, 1.54) is 18.4 Å². The van der Waals surface area contributed by atoms with E-state index in [1.54, 1.807) is 11.0 Å². The van der Waals surface area contributed by atoms with E-state index < -0.39 is 0 Å². The molecule has 1 aromatic heterocycles. The van der Waals surface area contributed by atoms with Gasteiger partial charge in [0.25, 0.3) is 5.91 Å². The van der Waals surface area contributed by atoms with Crippen LogP contribution in [0.15, 0.2) is 34.9 Å². The van der Waals surface area contributed by atoms with Crippen molar-refractivity contribution in [1.82, 2.24) is 15.0 Å². The van der Waals surface area contributed by atoms with E-state index in [-0.39, 0.29) is 17.7 Å². The number of amides is 2. The maximum absolute atomic E-state index is 12.8. The standard InChI is InChI=1S/C23H29N3O3/c1-17-6-8-18(9-7-17)21-16-20(24-29-21)23(28)26-14-10-19(11-15-26)22(27)25-12-4-2-3-5-13-25/h6-9,16,19H,2-5,10-15H2,1H3. The molecule has 2 saturated heterocycles. The molecule has 0 atom stereocenters. The van der Waals surface area contributed by atoms with Crippen LogP contribution in [0.5, 0.6) is 0 Å². The first-order valence-corrected chi connectivity index (χ1v) is 10.7. The van der Waals surface area contributed by atoms with Gasteiger partial charge in [-0.25, -0.2) is 0 Å². The Balaban J connectivity index is 1.34. The molecular formula is C23H29N3O3. The second-order valence-corrected chi connectivity index (χ2v) is 8.25. The molecule has 0 spiro atoms. The molecule has 0 N–H and O–H groups in total. The van der Waals surface area contributed by atoms with Crippen molar-refractivity contribution in [3.8, 4) is 11.3 Å². The van der Waals surface area contributed by atoms with Crippen molar-refractivity contribution in [3.63, 3.8) is 0 Å². The number of carbonyl (C=O) groups excluding carboxylic acids is 2. The molecule has 2 aromatic rings. The van der Waals surface area contributed by atoms with Gasteiger partial charge in [0.1, 0.15) is 0 Å². The van der Waals surface area contributed by atoms with E-state index in [4.69, 9.17) is 4.52 Å². The highest BCUT2D eigenvalue weighted by molar-refractivity contribution is 5.93. The molecule has 6 heteroatoms. The first-order chi connectivity index (χ1) is 14.1. The van der Waals surface area contributed by atoms with Crippen LogP contribution < -0.4 is 0 Å². The van der Waals surface area contributed by atoms with Crippen LogP contribution in [0.25, 0.3) is 11.3 Å². The van der Waals surface area contributed by atoms with Crippen LogP contribution in [0, 0.1) is 12.8 Å². The second kappa shape index (κ2) is 8.80. The lowest BCUT2D eigenvalue weighted by molar-refractivity contribution is -0.136. The molecule has 2 fully saturated rings. The predicted molar refractivity (Wildman–Crippen MR) is 110 cm³/mol. The van der Waals surface area contributed by atoms with Crippen LogP contribution >= 0.6 is 0 Å². The van der Waals surface area contributed by atoms with Crippen LogP contribution in [-0.4, -0.2) is 52.9 Å². The molecular weight excluding hydrogens is 366 g/mol. The lowest BCUT2D eigenvalue weighted by atomic mass is 9.95. The number of hydrogen-bond donors (Lipinski definition) is 0. The van der Waals surface area contributed by atoms with E-state index in [0.717, 1.165) is 44.3 Å². The largest absolute Gasteiger partial charge is 0.355 e. The molecule has 4 rings (SSSR count). The summed E-state index contributed by atoms with van der Waals surface area (Å²) in [5.74, 6) is 0.798. The topological polar surface area (TPSA) is 66.7 Å². The van der Waals surface area contributed by atoms with Gasteiger partial charge in [-0.1, -0.05) is 47.8 Å². The van der Waals surface area contributed by atoms with Crippen LogP contribution in [-0.2, 0) is 4.79 Å². The highest BCUT2D eigenvalue weighted by Gasteiger charge is 2.31. The second-order valence-electron chi connectivity index (χ2n) is 8.25. The molecule has 0 saturated carbocycles. The lowest BCUT2D eigenvalue weighted by Crippen LogP contribution is -2.44. The molecule has 29 heavy (non-hydrogen) atoms. The van der Waals surface area contributed by atoms with Gasteiger partial charge in [-0.3, -0.25) is 9.59 Å². The molecule has 3 heterocycles. The quantitative estimate of drug-likeness (QED) is 0.790. The van der Waals surface area contributed by atoms with Crippen LogP contribution in [0.4, 0.5) is 0 Å². The Labute approximate surface area is 171 Å². The fourth-order valence-corrected chi connectivity index (χ4v) is 4.27. The molecule has 2 aliphatic rings. The molecule has 2 amide bonds. The third-order valence-electron chi connectivity index (χ3n) is 6.11. The number of rotatable bonds is 3. The zero-order valence-corrected chi connectivity index (χ0v) is 17.1. The SMILES string of the molecule is Cc1ccc(-c2cc(C(=O)N3CCC(C(=O)N4CCCCCC4)CC3)no2)cc1. The summed E-state index contributed by atoms with van der Waals surface area (Å²) in [6.07, 6.45) is 6.11. The van der Waals surface area contributed by atoms with Crippen molar-refractivity contribution in [2.24, 2.45) is 5.92 Å². The number of hydrogen-bond acceptors (Lipinski definition) is 4. The average molecular weight is 396 g/mol. The Morgan fingerprint density at radius 3 is 2.24 bits per heavy atom. The highest BCUT2D eigenvalue weighted by Crippen LogP contribution is 2.25. The van der Waals surface area contributed by atoms with E-state index in [1.807, 2.05) is 36.1 Å². The summed E-state index contributed by atoms with van der Waals surface area (Å²) in [4.78, 5) is 29.5. The molecule has 0 radical (unpaired) electrons. The Morgan fingerprint density at radius 1 is 0.931 bits per heavy atom. The van der Waals surface area contributed by atoms with Gasteiger partial charge in [0, 0.05) is 43.7 Å². The summed E-state index contributed by atoms with van der Waals surface area (Å²) < 4.78 is 5.39. The summed E-state index contributed by atoms with van der Waals surface area (Å²) in [6.45, 7) is 4.99. The van der Waals surface area contributed by atoms with E-state index in [2.05, 4.69) is 5.16 Å². The van der Waals surface area contributed by atoms with Crippen molar-refractivity contribution < 1.29 is 14.1 Å². The molecule has 0 aliphatic carbocycles. The first kappa shape index (κ1) is 19.7.